The van der Waals surface area contributed by atoms with Crippen LogP contribution in [0.25, 0.3) is 0 Å². The third-order valence-electron chi connectivity index (χ3n) is 4.50. The Bertz CT molecular complexity index is 474. The summed E-state index contributed by atoms with van der Waals surface area (Å²) in [6.07, 6.45) is 6.04. The van der Waals surface area contributed by atoms with E-state index < -0.39 is 5.72 Å². The fourth-order valence-electron chi connectivity index (χ4n) is 3.21. The first-order chi connectivity index (χ1) is 9.94. The molecule has 1 atom stereocenters. The van der Waals surface area contributed by atoms with E-state index >= 15 is 0 Å². The van der Waals surface area contributed by atoms with E-state index in [9.17, 15) is 5.11 Å². The molecular weight excluding hydrogens is 306 g/mol. The lowest BCUT2D eigenvalue weighted by Gasteiger charge is -2.40. The molecule has 1 N–H and O–H groups in total. The van der Waals surface area contributed by atoms with Gasteiger partial charge in [-0.15, -0.1) is 11.6 Å². The van der Waals surface area contributed by atoms with Crippen LogP contribution in [0.1, 0.15) is 46.0 Å². The molecule has 0 aromatic heterocycles. The fourth-order valence-corrected chi connectivity index (χ4v) is 4.73. The molecule has 0 bridgehead atoms. The van der Waals surface area contributed by atoms with Gasteiger partial charge in [-0.05, 0) is 24.6 Å². The van der Waals surface area contributed by atoms with Crippen molar-refractivity contribution in [1.29, 1.82) is 0 Å². The average Bonchev–Trinajstić information content (AvgIpc) is 2.73. The average molecular weight is 330 g/mol. The highest BCUT2D eigenvalue weighted by atomic mass is 35.5. The Hall–Kier alpha value is -0.260. The summed E-state index contributed by atoms with van der Waals surface area (Å²) in [4.78, 5) is 11.4. The van der Waals surface area contributed by atoms with Gasteiger partial charge in [-0.2, -0.15) is 0 Å². The van der Waals surface area contributed by atoms with E-state index in [2.05, 4.69) is 18.8 Å². The van der Waals surface area contributed by atoms with Gasteiger partial charge in [-0.3, -0.25) is 9.98 Å². The number of nitrogens with zero attached hydrogens (tertiary/aromatic N) is 3. The summed E-state index contributed by atoms with van der Waals surface area (Å²) in [5.41, 5.74) is -1.11. The topological polar surface area (TPSA) is 48.2 Å². The number of alkyl halides is 1. The van der Waals surface area contributed by atoms with Crippen LogP contribution in [0.3, 0.4) is 0 Å². The van der Waals surface area contributed by atoms with Crippen molar-refractivity contribution in [2.75, 3.05) is 19.0 Å². The smallest absolute Gasteiger partial charge is 0.203 e. The first-order valence-electron chi connectivity index (χ1n) is 7.81. The molecule has 2 fully saturated rings. The zero-order valence-corrected chi connectivity index (χ0v) is 14.4. The minimum Gasteiger partial charge on any atom is -0.364 e. The van der Waals surface area contributed by atoms with Crippen LogP contribution in [0.5, 0.6) is 0 Å². The van der Waals surface area contributed by atoms with Crippen molar-refractivity contribution in [3.63, 3.8) is 0 Å². The van der Waals surface area contributed by atoms with E-state index in [0.717, 1.165) is 36.1 Å². The molecule has 4 nitrogen and oxygen atoms in total. The number of hydrogen-bond donors (Lipinski definition) is 1. The highest BCUT2D eigenvalue weighted by Gasteiger charge is 2.51. The van der Waals surface area contributed by atoms with Crippen molar-refractivity contribution in [1.82, 2.24) is 4.90 Å². The number of thioether (sulfide) groups is 1. The number of amidine groups is 1. The lowest BCUT2D eigenvalue weighted by Crippen LogP contribution is -2.56. The molecule has 0 aromatic carbocycles. The molecule has 1 saturated carbocycles. The first-order valence-corrected chi connectivity index (χ1v) is 9.16. The second kappa shape index (κ2) is 5.74. The van der Waals surface area contributed by atoms with Crippen molar-refractivity contribution >= 4 is 33.6 Å². The summed E-state index contributed by atoms with van der Waals surface area (Å²) in [5.74, 6) is 0.140. The van der Waals surface area contributed by atoms with Gasteiger partial charge in [0.1, 0.15) is 5.04 Å². The summed E-state index contributed by atoms with van der Waals surface area (Å²) in [6, 6.07) is 0.339. The van der Waals surface area contributed by atoms with Gasteiger partial charge < -0.3 is 10.0 Å². The molecule has 1 aliphatic carbocycles. The van der Waals surface area contributed by atoms with Crippen LogP contribution in [0.15, 0.2) is 9.98 Å². The van der Waals surface area contributed by atoms with Crippen LogP contribution in [-0.2, 0) is 0 Å². The maximum absolute atomic E-state index is 11.1. The van der Waals surface area contributed by atoms with Crippen molar-refractivity contribution in [2.45, 2.75) is 57.7 Å². The quantitative estimate of drug-likeness (QED) is 0.792. The van der Waals surface area contributed by atoms with E-state index in [1.807, 2.05) is 4.90 Å². The monoisotopic (exact) mass is 329 g/mol. The van der Waals surface area contributed by atoms with Crippen molar-refractivity contribution in [3.8, 4) is 0 Å². The summed E-state index contributed by atoms with van der Waals surface area (Å²) in [5, 5.41) is 12.7. The molecule has 0 spiro atoms. The molecule has 2 heterocycles. The largest absolute Gasteiger partial charge is 0.364 e. The van der Waals surface area contributed by atoms with Crippen LogP contribution < -0.4 is 0 Å². The summed E-state index contributed by atoms with van der Waals surface area (Å²) >= 11 is 7.65. The van der Waals surface area contributed by atoms with Gasteiger partial charge in [-0.25, -0.2) is 0 Å². The molecule has 6 heteroatoms. The van der Waals surface area contributed by atoms with Gasteiger partial charge in [0.05, 0.1) is 11.9 Å². The van der Waals surface area contributed by atoms with E-state index in [0.29, 0.717) is 6.04 Å². The van der Waals surface area contributed by atoms with Gasteiger partial charge in [0.2, 0.25) is 5.72 Å². The number of hydrogen-bond acceptors (Lipinski definition) is 5. The zero-order valence-electron chi connectivity index (χ0n) is 12.8. The predicted molar refractivity (Wildman–Crippen MR) is 90.4 cm³/mol. The predicted octanol–water partition coefficient (Wildman–Crippen LogP) is 3.09. The number of aliphatic imine (C=N–C) groups is 2. The molecule has 2 aliphatic heterocycles. The minimum atomic E-state index is -1.17. The van der Waals surface area contributed by atoms with Gasteiger partial charge in [0.15, 0.2) is 5.17 Å². The normalized spacial score (nSPS) is 35.0. The SMILES string of the molecule is CC1(C)CN=C2SC(=NC3CCCCC3)C(O)(CCl)N2C1. The van der Waals surface area contributed by atoms with Crippen LogP contribution in [0.2, 0.25) is 0 Å². The maximum Gasteiger partial charge on any atom is 0.203 e. The molecular formula is C15H24ClN3OS. The molecule has 1 saturated heterocycles. The second-order valence-corrected chi connectivity index (χ2v) is 8.35. The lowest BCUT2D eigenvalue weighted by molar-refractivity contribution is 0.000479. The molecule has 3 rings (SSSR count). The molecule has 0 amide bonds. The Morgan fingerprint density at radius 1 is 1.38 bits per heavy atom. The van der Waals surface area contributed by atoms with Crippen LogP contribution in [0.4, 0.5) is 0 Å². The number of aliphatic hydroxyl groups is 1. The van der Waals surface area contributed by atoms with Gasteiger partial charge in [0, 0.05) is 18.5 Å². The Balaban J connectivity index is 1.87. The molecule has 3 aliphatic rings. The standard InChI is InChI=1S/C15H24ClN3OS/c1-14(2)9-17-13-19(10-14)15(20,8-16)12(21-13)18-11-6-4-3-5-7-11/h11,20H,3-10H2,1-2H3. The van der Waals surface area contributed by atoms with Crippen LogP contribution in [0, 0.1) is 5.41 Å². The Morgan fingerprint density at radius 3 is 2.76 bits per heavy atom. The molecule has 21 heavy (non-hydrogen) atoms. The summed E-state index contributed by atoms with van der Waals surface area (Å²) in [7, 11) is 0. The highest BCUT2D eigenvalue weighted by Crippen LogP contribution is 2.41. The zero-order chi connectivity index (χ0) is 15.1. The molecule has 0 radical (unpaired) electrons. The number of rotatable bonds is 2. The Morgan fingerprint density at radius 2 is 2.10 bits per heavy atom. The van der Waals surface area contributed by atoms with Crippen molar-refractivity contribution < 1.29 is 5.11 Å². The van der Waals surface area contributed by atoms with Gasteiger partial charge >= 0.3 is 0 Å². The van der Waals surface area contributed by atoms with Crippen molar-refractivity contribution in [3.05, 3.63) is 0 Å². The summed E-state index contributed by atoms with van der Waals surface area (Å²) in [6.45, 7) is 5.90. The lowest BCUT2D eigenvalue weighted by atomic mass is 9.91. The molecule has 118 valence electrons. The van der Waals surface area contributed by atoms with Gasteiger partial charge in [0.25, 0.3) is 0 Å². The molecule has 1 unspecified atom stereocenters. The van der Waals surface area contributed by atoms with Crippen molar-refractivity contribution in [2.24, 2.45) is 15.4 Å². The fraction of sp³-hybridized carbons (Fsp3) is 0.867. The Kier molecular flexibility index (Phi) is 4.27. The minimum absolute atomic E-state index is 0.0599. The summed E-state index contributed by atoms with van der Waals surface area (Å²) < 4.78 is 0. The second-order valence-electron chi connectivity index (χ2n) is 7.13. The maximum atomic E-state index is 11.1. The molecule has 0 aromatic rings. The highest BCUT2D eigenvalue weighted by molar-refractivity contribution is 8.27. The first kappa shape index (κ1) is 15.6. The van der Waals surface area contributed by atoms with E-state index in [1.165, 1.54) is 31.0 Å². The van der Waals surface area contributed by atoms with Crippen LogP contribution in [-0.4, -0.2) is 51.0 Å². The van der Waals surface area contributed by atoms with E-state index in [4.69, 9.17) is 16.6 Å². The van der Waals surface area contributed by atoms with E-state index in [-0.39, 0.29) is 11.3 Å². The van der Waals surface area contributed by atoms with Crippen LogP contribution >= 0.6 is 23.4 Å². The third kappa shape index (κ3) is 2.97. The Labute approximate surface area is 136 Å². The number of halogens is 1. The van der Waals surface area contributed by atoms with E-state index in [1.54, 1.807) is 0 Å². The number of fused-ring (bicyclic) bond motifs is 1. The third-order valence-corrected chi connectivity index (χ3v) is 6.03. The van der Waals surface area contributed by atoms with Gasteiger partial charge in [-0.1, -0.05) is 33.1 Å².